The molecule has 4 rings (SSSR count). The van der Waals surface area contributed by atoms with E-state index in [1.807, 2.05) is 25.1 Å². The molecule has 0 radical (unpaired) electrons. The molecule has 2 heterocycles. The van der Waals surface area contributed by atoms with Crippen molar-refractivity contribution in [3.63, 3.8) is 0 Å². The van der Waals surface area contributed by atoms with Crippen LogP contribution in [0.25, 0.3) is 0 Å². The zero-order valence-electron chi connectivity index (χ0n) is 14.8. The first-order chi connectivity index (χ1) is 12.0. The molecule has 6 heteroatoms. The first-order valence-electron chi connectivity index (χ1n) is 9.14. The van der Waals surface area contributed by atoms with Crippen molar-refractivity contribution in [2.75, 3.05) is 16.8 Å². The zero-order valence-corrected chi connectivity index (χ0v) is 14.8. The van der Waals surface area contributed by atoms with E-state index in [2.05, 4.69) is 10.6 Å². The maximum absolute atomic E-state index is 12.3. The number of hydrogen-bond acceptors (Lipinski definition) is 4. The van der Waals surface area contributed by atoms with Crippen molar-refractivity contribution in [3.8, 4) is 0 Å². The predicted octanol–water partition coefficient (Wildman–Crippen LogP) is 2.95. The third kappa shape index (κ3) is 2.78. The summed E-state index contributed by atoms with van der Waals surface area (Å²) >= 11 is 0. The van der Waals surface area contributed by atoms with Gasteiger partial charge in [0.2, 0.25) is 0 Å². The summed E-state index contributed by atoms with van der Waals surface area (Å²) in [5, 5.41) is 6.30. The van der Waals surface area contributed by atoms with E-state index >= 15 is 0 Å². The third-order valence-corrected chi connectivity index (χ3v) is 5.80. The number of nitrogens with one attached hydrogen (secondary N) is 2. The second-order valence-electron chi connectivity index (χ2n) is 7.51. The van der Waals surface area contributed by atoms with Crippen molar-refractivity contribution in [1.29, 1.82) is 0 Å². The molecule has 3 amide bonds. The summed E-state index contributed by atoms with van der Waals surface area (Å²) in [4.78, 5) is 25.7. The lowest BCUT2D eigenvalue weighted by atomic mass is 9.74. The molecule has 2 atom stereocenters. The highest BCUT2D eigenvalue weighted by atomic mass is 16.5. The van der Waals surface area contributed by atoms with Crippen LogP contribution in [0.2, 0.25) is 0 Å². The number of amides is 3. The second-order valence-corrected chi connectivity index (χ2v) is 7.51. The lowest BCUT2D eigenvalue weighted by Crippen LogP contribution is -2.49. The molecule has 1 aliphatic carbocycles. The molecule has 2 N–H and O–H groups in total. The van der Waals surface area contributed by atoms with Crippen molar-refractivity contribution in [2.24, 2.45) is 0 Å². The highest BCUT2D eigenvalue weighted by molar-refractivity contribution is 6.21. The van der Waals surface area contributed by atoms with Crippen LogP contribution in [0.1, 0.15) is 44.6 Å². The Morgan fingerprint density at radius 2 is 2.12 bits per heavy atom. The van der Waals surface area contributed by atoms with Crippen molar-refractivity contribution in [2.45, 2.75) is 63.6 Å². The average Bonchev–Trinajstić information content (AvgIpc) is 2.81. The molecule has 3 fully saturated rings. The number of imide groups is 1. The molecule has 2 saturated heterocycles. The van der Waals surface area contributed by atoms with E-state index in [1.54, 1.807) is 6.92 Å². The molecule has 0 bridgehead atoms. The molecule has 1 aromatic carbocycles. The highest BCUT2D eigenvalue weighted by Gasteiger charge is 2.42. The molecular weight excluding hydrogens is 318 g/mol. The Hall–Kier alpha value is -2.08. The lowest BCUT2D eigenvalue weighted by molar-refractivity contribution is -0.130. The Labute approximate surface area is 147 Å². The van der Waals surface area contributed by atoms with Crippen molar-refractivity contribution < 1.29 is 14.3 Å². The smallest absolute Gasteiger partial charge is 0.329 e. The zero-order chi connectivity index (χ0) is 17.6. The van der Waals surface area contributed by atoms with E-state index in [0.717, 1.165) is 43.5 Å². The minimum atomic E-state index is -0.475. The number of benzene rings is 1. The Morgan fingerprint density at radius 3 is 2.76 bits per heavy atom. The molecule has 25 heavy (non-hydrogen) atoms. The summed E-state index contributed by atoms with van der Waals surface area (Å²) in [6.45, 7) is 4.46. The number of urea groups is 1. The van der Waals surface area contributed by atoms with Gasteiger partial charge >= 0.3 is 6.03 Å². The molecule has 0 unspecified atom stereocenters. The minimum Gasteiger partial charge on any atom is -0.382 e. The number of hydrogen-bond donors (Lipinski definition) is 2. The highest BCUT2D eigenvalue weighted by Crippen LogP contribution is 2.43. The van der Waals surface area contributed by atoms with Crippen LogP contribution < -0.4 is 15.5 Å². The first-order valence-corrected chi connectivity index (χ1v) is 9.14. The fraction of sp³-hybridized carbons (Fsp3) is 0.579. The SMILES string of the molecule is Cc1c(N[C@@H]2CCOC3(CCC3)C2)cccc1N1C(=O)N[C@H](C)C1=O. The number of carbonyl (C=O) groups excluding carboxylic acids is 2. The van der Waals surface area contributed by atoms with Crippen LogP contribution in [0.3, 0.4) is 0 Å². The average molecular weight is 343 g/mol. The second kappa shape index (κ2) is 6.02. The number of rotatable bonds is 3. The molecule has 1 spiro atoms. The van der Waals surface area contributed by atoms with E-state index in [0.29, 0.717) is 11.7 Å². The molecule has 2 aliphatic heterocycles. The standard InChI is InChI=1S/C19H25N3O3/c1-12-15(21-14-7-10-25-19(11-14)8-4-9-19)5-3-6-16(12)22-17(23)13(2)20-18(22)24/h3,5-6,13-14,21H,4,7-11H2,1-2H3,(H,20,24)/t13-,14-/m1/s1. The Morgan fingerprint density at radius 1 is 1.32 bits per heavy atom. The van der Waals surface area contributed by atoms with Crippen LogP contribution >= 0.6 is 0 Å². The van der Waals surface area contributed by atoms with Crippen LogP contribution in [0, 0.1) is 6.92 Å². The number of ether oxygens (including phenoxy) is 1. The predicted molar refractivity (Wildman–Crippen MR) is 95.8 cm³/mol. The number of carbonyl (C=O) groups is 2. The van der Waals surface area contributed by atoms with E-state index in [9.17, 15) is 9.59 Å². The van der Waals surface area contributed by atoms with Gasteiger partial charge in [-0.3, -0.25) is 4.79 Å². The summed E-state index contributed by atoms with van der Waals surface area (Å²) in [7, 11) is 0. The van der Waals surface area contributed by atoms with Crippen LogP contribution in [0.15, 0.2) is 18.2 Å². The van der Waals surface area contributed by atoms with Gasteiger partial charge in [0.25, 0.3) is 5.91 Å². The summed E-state index contributed by atoms with van der Waals surface area (Å²) < 4.78 is 6.00. The van der Waals surface area contributed by atoms with Gasteiger partial charge in [-0.1, -0.05) is 6.07 Å². The molecule has 6 nitrogen and oxygen atoms in total. The number of nitrogens with zero attached hydrogens (tertiary/aromatic N) is 1. The summed E-state index contributed by atoms with van der Waals surface area (Å²) in [5.41, 5.74) is 2.65. The first kappa shape index (κ1) is 16.4. The Balaban J connectivity index is 1.55. The molecule has 134 valence electrons. The largest absolute Gasteiger partial charge is 0.382 e. The Bertz CT molecular complexity index is 714. The summed E-state index contributed by atoms with van der Waals surface area (Å²) in [6.07, 6.45) is 5.57. The molecule has 1 saturated carbocycles. The van der Waals surface area contributed by atoms with Gasteiger partial charge < -0.3 is 15.4 Å². The van der Waals surface area contributed by atoms with Crippen LogP contribution in [-0.2, 0) is 9.53 Å². The maximum atomic E-state index is 12.3. The van der Waals surface area contributed by atoms with E-state index < -0.39 is 6.04 Å². The van der Waals surface area contributed by atoms with Crippen LogP contribution in [0.4, 0.5) is 16.2 Å². The van der Waals surface area contributed by atoms with Gasteiger partial charge in [-0.05, 0) is 63.6 Å². The normalized spacial score (nSPS) is 28.0. The van der Waals surface area contributed by atoms with Crippen LogP contribution in [-0.4, -0.2) is 36.2 Å². The van der Waals surface area contributed by atoms with Gasteiger partial charge in [-0.2, -0.15) is 0 Å². The fourth-order valence-corrected chi connectivity index (χ4v) is 4.15. The van der Waals surface area contributed by atoms with Gasteiger partial charge in [0, 0.05) is 18.3 Å². The molecule has 3 aliphatic rings. The van der Waals surface area contributed by atoms with E-state index in [-0.39, 0.29) is 17.5 Å². The van der Waals surface area contributed by atoms with Gasteiger partial charge in [0.1, 0.15) is 6.04 Å². The van der Waals surface area contributed by atoms with Crippen molar-refractivity contribution in [1.82, 2.24) is 5.32 Å². The van der Waals surface area contributed by atoms with Gasteiger partial charge in [-0.25, -0.2) is 9.69 Å². The molecular formula is C19H25N3O3. The van der Waals surface area contributed by atoms with Crippen molar-refractivity contribution >= 4 is 23.3 Å². The van der Waals surface area contributed by atoms with Crippen molar-refractivity contribution in [3.05, 3.63) is 23.8 Å². The summed E-state index contributed by atoms with van der Waals surface area (Å²) in [6, 6.07) is 5.28. The fourth-order valence-electron chi connectivity index (χ4n) is 4.15. The van der Waals surface area contributed by atoms with Gasteiger partial charge in [0.15, 0.2) is 0 Å². The summed E-state index contributed by atoms with van der Waals surface area (Å²) in [5.74, 6) is -0.204. The lowest BCUT2D eigenvalue weighted by Gasteiger charge is -2.47. The third-order valence-electron chi connectivity index (χ3n) is 5.80. The van der Waals surface area contributed by atoms with E-state index in [1.165, 1.54) is 11.3 Å². The van der Waals surface area contributed by atoms with E-state index in [4.69, 9.17) is 4.74 Å². The monoisotopic (exact) mass is 343 g/mol. The van der Waals surface area contributed by atoms with Crippen LogP contribution in [0.5, 0.6) is 0 Å². The molecule has 0 aromatic heterocycles. The number of anilines is 2. The Kier molecular flexibility index (Phi) is 3.95. The van der Waals surface area contributed by atoms with Gasteiger partial charge in [0.05, 0.1) is 11.3 Å². The van der Waals surface area contributed by atoms with Gasteiger partial charge in [-0.15, -0.1) is 0 Å². The minimum absolute atomic E-state index is 0.0850. The molecule has 1 aromatic rings. The maximum Gasteiger partial charge on any atom is 0.329 e. The quantitative estimate of drug-likeness (QED) is 0.828. The topological polar surface area (TPSA) is 70.7 Å².